The summed E-state index contributed by atoms with van der Waals surface area (Å²) in [7, 11) is 0. The van der Waals surface area contributed by atoms with E-state index in [0.29, 0.717) is 0 Å². The second-order valence-corrected chi connectivity index (χ2v) is 13.6. The van der Waals surface area contributed by atoms with Crippen molar-refractivity contribution in [1.82, 2.24) is 0 Å². The van der Waals surface area contributed by atoms with E-state index in [1.807, 2.05) is 11.3 Å². The molecule has 0 saturated carbocycles. The van der Waals surface area contributed by atoms with E-state index in [0.717, 1.165) is 22.4 Å². The van der Waals surface area contributed by atoms with E-state index < -0.39 is 5.60 Å². The number of benzene rings is 2. The Balaban J connectivity index is 1.53. The summed E-state index contributed by atoms with van der Waals surface area (Å²) in [6.45, 7) is 4.54. The number of fused-ring (bicyclic) bond motifs is 3. The van der Waals surface area contributed by atoms with Gasteiger partial charge in [0.15, 0.2) is 5.60 Å². The van der Waals surface area contributed by atoms with Crippen LogP contribution in [0.1, 0.15) is 93.0 Å². The molecular formula is C33H37BrOS2. The van der Waals surface area contributed by atoms with Crippen molar-refractivity contribution < 1.29 is 4.74 Å². The number of halogens is 1. The van der Waals surface area contributed by atoms with Gasteiger partial charge in [-0.1, -0.05) is 101 Å². The minimum absolute atomic E-state index is 0.659. The van der Waals surface area contributed by atoms with Gasteiger partial charge in [0.25, 0.3) is 0 Å². The van der Waals surface area contributed by atoms with Gasteiger partial charge < -0.3 is 4.74 Å². The van der Waals surface area contributed by atoms with Crippen molar-refractivity contribution in [3.05, 3.63) is 97.6 Å². The molecule has 1 aliphatic rings. The summed E-state index contributed by atoms with van der Waals surface area (Å²) in [5, 5.41) is 2.15. The van der Waals surface area contributed by atoms with Gasteiger partial charge in [-0.05, 0) is 70.3 Å². The number of hydrogen-bond acceptors (Lipinski definition) is 3. The van der Waals surface area contributed by atoms with E-state index in [1.54, 1.807) is 11.3 Å². The molecule has 5 rings (SSSR count). The summed E-state index contributed by atoms with van der Waals surface area (Å²) in [4.78, 5) is 2.55. The maximum Gasteiger partial charge on any atom is 0.186 e. The van der Waals surface area contributed by atoms with Crippen molar-refractivity contribution in [3.8, 4) is 15.5 Å². The van der Waals surface area contributed by atoms with E-state index in [-0.39, 0.29) is 0 Å². The van der Waals surface area contributed by atoms with Crippen LogP contribution >= 0.6 is 38.6 Å². The summed E-state index contributed by atoms with van der Waals surface area (Å²) in [5.74, 6) is 0.985. The van der Waals surface area contributed by atoms with Crippen LogP contribution in [0.15, 0.2) is 69.8 Å². The Morgan fingerprint density at radius 3 is 1.81 bits per heavy atom. The lowest BCUT2D eigenvalue weighted by Gasteiger charge is -2.39. The summed E-state index contributed by atoms with van der Waals surface area (Å²) in [6, 6.07) is 22.9. The summed E-state index contributed by atoms with van der Waals surface area (Å²) >= 11 is 7.38. The molecule has 2 aromatic carbocycles. The van der Waals surface area contributed by atoms with Gasteiger partial charge in [0.1, 0.15) is 5.75 Å². The van der Waals surface area contributed by atoms with Gasteiger partial charge >= 0.3 is 0 Å². The van der Waals surface area contributed by atoms with Crippen LogP contribution in [0.3, 0.4) is 0 Å². The van der Waals surface area contributed by atoms with E-state index in [9.17, 15) is 0 Å². The van der Waals surface area contributed by atoms with E-state index in [1.165, 1.54) is 88.9 Å². The Kier molecular flexibility index (Phi) is 8.89. The molecule has 0 saturated heterocycles. The molecule has 0 unspecified atom stereocenters. The first-order valence-corrected chi connectivity index (χ1v) is 16.4. The Labute approximate surface area is 239 Å². The standard InChI is InChI=1S/C33H37BrOS2/c1-3-5-7-9-11-24-13-17-26(18-14-24)33(27-19-15-25(16-20-27)12-10-8-6-4-2)28-23-30(34)37-31(28)32-29(35-33)21-22-36-32/h13-23H,3-12H2,1-2H3. The molecule has 3 heterocycles. The highest BCUT2D eigenvalue weighted by Crippen LogP contribution is 2.56. The molecular weight excluding hydrogens is 556 g/mol. The first-order valence-electron chi connectivity index (χ1n) is 13.9. The lowest BCUT2D eigenvalue weighted by atomic mass is 9.78. The van der Waals surface area contributed by atoms with Crippen LogP contribution in [-0.4, -0.2) is 0 Å². The number of ether oxygens (including phenoxy) is 1. The first-order chi connectivity index (χ1) is 18.2. The molecule has 1 aliphatic heterocycles. The van der Waals surface area contributed by atoms with Crippen LogP contribution in [0.4, 0.5) is 0 Å². The Bertz CT molecular complexity index is 1230. The van der Waals surface area contributed by atoms with Crippen LogP contribution in [0, 0.1) is 0 Å². The molecule has 1 nitrogen and oxygen atoms in total. The number of thiophene rings is 2. The van der Waals surface area contributed by atoms with Crippen LogP contribution in [0.2, 0.25) is 0 Å². The molecule has 0 amide bonds. The van der Waals surface area contributed by atoms with Crippen LogP contribution in [-0.2, 0) is 18.4 Å². The second-order valence-electron chi connectivity index (χ2n) is 10.2. The average molecular weight is 594 g/mol. The molecule has 4 aromatic rings. The molecule has 0 bridgehead atoms. The van der Waals surface area contributed by atoms with E-state index >= 15 is 0 Å². The van der Waals surface area contributed by atoms with E-state index in [2.05, 4.69) is 95.8 Å². The molecule has 0 N–H and O–H groups in total. The van der Waals surface area contributed by atoms with Gasteiger partial charge in [-0.2, -0.15) is 0 Å². The Hall–Kier alpha value is -1.88. The molecule has 194 valence electrons. The lowest BCUT2D eigenvalue weighted by Crippen LogP contribution is -2.37. The third-order valence-electron chi connectivity index (χ3n) is 7.54. The fourth-order valence-corrected chi connectivity index (χ4v) is 8.11. The molecule has 0 atom stereocenters. The quantitative estimate of drug-likeness (QED) is 0.149. The molecule has 0 aliphatic carbocycles. The van der Waals surface area contributed by atoms with Gasteiger partial charge in [-0.15, -0.1) is 22.7 Å². The van der Waals surface area contributed by atoms with Crippen molar-refractivity contribution in [3.63, 3.8) is 0 Å². The highest BCUT2D eigenvalue weighted by atomic mass is 79.9. The zero-order chi connectivity index (χ0) is 25.7. The van der Waals surface area contributed by atoms with Crippen molar-refractivity contribution in [2.75, 3.05) is 0 Å². The summed E-state index contributed by atoms with van der Waals surface area (Å²) in [6.07, 6.45) is 12.6. The zero-order valence-electron chi connectivity index (χ0n) is 22.0. The minimum Gasteiger partial charge on any atom is -0.471 e. The van der Waals surface area contributed by atoms with Crippen molar-refractivity contribution in [2.24, 2.45) is 0 Å². The largest absolute Gasteiger partial charge is 0.471 e. The topological polar surface area (TPSA) is 9.23 Å². The highest BCUT2D eigenvalue weighted by molar-refractivity contribution is 9.11. The predicted molar refractivity (Wildman–Crippen MR) is 164 cm³/mol. The maximum atomic E-state index is 7.07. The Morgan fingerprint density at radius 1 is 0.703 bits per heavy atom. The molecule has 2 aromatic heterocycles. The zero-order valence-corrected chi connectivity index (χ0v) is 25.2. The van der Waals surface area contributed by atoms with Gasteiger partial charge in [-0.3, -0.25) is 0 Å². The third kappa shape index (κ3) is 5.62. The monoisotopic (exact) mass is 592 g/mol. The Morgan fingerprint density at radius 2 is 1.27 bits per heavy atom. The summed E-state index contributed by atoms with van der Waals surface area (Å²) < 4.78 is 8.22. The number of unbranched alkanes of at least 4 members (excludes halogenated alkanes) is 6. The molecule has 0 spiro atoms. The second kappa shape index (κ2) is 12.3. The lowest BCUT2D eigenvalue weighted by molar-refractivity contribution is 0.153. The van der Waals surface area contributed by atoms with Crippen molar-refractivity contribution in [1.29, 1.82) is 0 Å². The van der Waals surface area contributed by atoms with E-state index in [4.69, 9.17) is 4.74 Å². The smallest absolute Gasteiger partial charge is 0.186 e. The van der Waals surface area contributed by atoms with Crippen molar-refractivity contribution >= 4 is 38.6 Å². The third-order valence-corrected chi connectivity index (χ3v) is 10.2. The normalized spacial score (nSPS) is 13.7. The maximum absolute atomic E-state index is 7.07. The fourth-order valence-electron chi connectivity index (χ4n) is 5.47. The molecule has 0 fully saturated rings. The van der Waals surface area contributed by atoms with Gasteiger partial charge in [-0.25, -0.2) is 0 Å². The van der Waals surface area contributed by atoms with Gasteiger partial charge in [0, 0.05) is 16.7 Å². The minimum atomic E-state index is -0.659. The number of aryl methyl sites for hydroxylation is 2. The van der Waals surface area contributed by atoms with Crippen LogP contribution in [0.25, 0.3) is 9.75 Å². The summed E-state index contributed by atoms with van der Waals surface area (Å²) in [5.41, 5.74) is 5.80. The molecule has 0 radical (unpaired) electrons. The van der Waals surface area contributed by atoms with Crippen LogP contribution in [0.5, 0.6) is 5.75 Å². The average Bonchev–Trinajstić information content (AvgIpc) is 3.55. The SMILES string of the molecule is CCCCCCc1ccc(C2(c3ccc(CCCCCC)cc3)Oc3ccsc3-c3sc(Br)cc32)cc1. The van der Waals surface area contributed by atoms with Gasteiger partial charge in [0.05, 0.1) is 13.5 Å². The molecule has 37 heavy (non-hydrogen) atoms. The number of rotatable bonds is 12. The van der Waals surface area contributed by atoms with Crippen molar-refractivity contribution in [2.45, 2.75) is 83.7 Å². The van der Waals surface area contributed by atoms with Crippen LogP contribution < -0.4 is 4.74 Å². The number of hydrogen-bond donors (Lipinski definition) is 0. The fraction of sp³-hybridized carbons (Fsp3) is 0.394. The van der Waals surface area contributed by atoms with Gasteiger partial charge in [0.2, 0.25) is 0 Å². The molecule has 4 heteroatoms. The first kappa shape index (κ1) is 26.7. The highest BCUT2D eigenvalue weighted by Gasteiger charge is 2.46. The predicted octanol–water partition coefficient (Wildman–Crippen LogP) is 11.2.